The zero-order chi connectivity index (χ0) is 26.3. The van der Waals surface area contributed by atoms with Crippen LogP contribution in [0.3, 0.4) is 0 Å². The third kappa shape index (κ3) is 4.16. The number of benzene rings is 2. The summed E-state index contributed by atoms with van der Waals surface area (Å²) >= 11 is 0. The summed E-state index contributed by atoms with van der Waals surface area (Å²) in [6, 6.07) is 9.99. The SMILES string of the molecule is CN1C(=O)N(c2cccc(C(F)(F)F)c2)C2=C(C(=O)NCC2)C1c1ccc(C#N)cc1-c1cncnc1. The highest BCUT2D eigenvalue weighted by molar-refractivity contribution is 6.06. The second-order valence-corrected chi connectivity index (χ2v) is 8.59. The Balaban J connectivity index is 1.73. The highest BCUT2D eigenvalue weighted by Gasteiger charge is 2.44. The summed E-state index contributed by atoms with van der Waals surface area (Å²) in [5.41, 5.74) is 1.74. The molecular weight excluding hydrogens is 485 g/mol. The van der Waals surface area contributed by atoms with E-state index in [0.29, 0.717) is 28.0 Å². The molecule has 186 valence electrons. The fourth-order valence-electron chi connectivity index (χ4n) is 4.75. The molecule has 1 aromatic heterocycles. The molecule has 1 unspecified atom stereocenters. The van der Waals surface area contributed by atoms with Crippen LogP contribution in [0, 0.1) is 11.3 Å². The van der Waals surface area contributed by atoms with Crippen LogP contribution in [0.1, 0.15) is 29.2 Å². The molecule has 0 bridgehead atoms. The van der Waals surface area contributed by atoms with Gasteiger partial charge >= 0.3 is 12.2 Å². The minimum absolute atomic E-state index is 0.0174. The number of aromatic nitrogens is 2. The van der Waals surface area contributed by atoms with Crippen LogP contribution in [0.25, 0.3) is 11.1 Å². The number of nitrogens with zero attached hydrogens (tertiary/aromatic N) is 5. The largest absolute Gasteiger partial charge is 0.416 e. The summed E-state index contributed by atoms with van der Waals surface area (Å²) in [6.45, 7) is 0.226. The van der Waals surface area contributed by atoms with Crippen molar-refractivity contribution in [2.24, 2.45) is 0 Å². The highest BCUT2D eigenvalue weighted by Crippen LogP contribution is 2.44. The number of hydrogen-bond donors (Lipinski definition) is 1. The number of rotatable bonds is 3. The van der Waals surface area contributed by atoms with Crippen molar-refractivity contribution in [3.8, 4) is 17.2 Å². The van der Waals surface area contributed by atoms with E-state index in [9.17, 15) is 28.0 Å². The second-order valence-electron chi connectivity index (χ2n) is 8.59. The quantitative estimate of drug-likeness (QED) is 0.569. The van der Waals surface area contributed by atoms with Crippen LogP contribution in [0.4, 0.5) is 23.7 Å². The molecule has 0 fully saturated rings. The van der Waals surface area contributed by atoms with E-state index in [2.05, 4.69) is 21.4 Å². The molecular formula is C26H19F3N6O2. The van der Waals surface area contributed by atoms with Crippen molar-refractivity contribution in [1.29, 1.82) is 5.26 Å². The predicted octanol–water partition coefficient (Wildman–Crippen LogP) is 4.42. The van der Waals surface area contributed by atoms with Gasteiger partial charge in [0.25, 0.3) is 5.91 Å². The van der Waals surface area contributed by atoms with E-state index in [1.54, 1.807) is 30.6 Å². The van der Waals surface area contributed by atoms with E-state index >= 15 is 0 Å². The van der Waals surface area contributed by atoms with Gasteiger partial charge in [-0.25, -0.2) is 14.8 Å². The lowest BCUT2D eigenvalue weighted by Gasteiger charge is -2.44. The zero-order valence-corrected chi connectivity index (χ0v) is 19.5. The maximum Gasteiger partial charge on any atom is 0.416 e. The van der Waals surface area contributed by atoms with E-state index in [-0.39, 0.29) is 24.2 Å². The van der Waals surface area contributed by atoms with Crippen LogP contribution in [-0.2, 0) is 11.0 Å². The smallest absolute Gasteiger partial charge is 0.352 e. The number of urea groups is 1. The van der Waals surface area contributed by atoms with Crippen LogP contribution in [0.15, 0.2) is 72.5 Å². The Hall–Kier alpha value is -4.72. The van der Waals surface area contributed by atoms with Gasteiger partial charge in [0.1, 0.15) is 6.33 Å². The molecule has 0 radical (unpaired) electrons. The highest BCUT2D eigenvalue weighted by atomic mass is 19.4. The van der Waals surface area contributed by atoms with Crippen molar-refractivity contribution < 1.29 is 22.8 Å². The molecule has 8 nitrogen and oxygen atoms in total. The summed E-state index contributed by atoms with van der Waals surface area (Å²) in [7, 11) is 1.49. The Morgan fingerprint density at radius 1 is 1.11 bits per heavy atom. The Morgan fingerprint density at radius 2 is 1.86 bits per heavy atom. The molecule has 3 amide bonds. The lowest BCUT2D eigenvalue weighted by Crippen LogP contribution is -2.53. The number of nitrogens with one attached hydrogen (secondary N) is 1. The van der Waals surface area contributed by atoms with Crippen molar-refractivity contribution in [1.82, 2.24) is 20.2 Å². The number of halogens is 3. The minimum atomic E-state index is -4.60. The van der Waals surface area contributed by atoms with Crippen molar-refractivity contribution in [3.63, 3.8) is 0 Å². The van der Waals surface area contributed by atoms with E-state index in [1.165, 1.54) is 35.3 Å². The molecule has 2 aliphatic heterocycles. The third-order valence-electron chi connectivity index (χ3n) is 6.41. The van der Waals surface area contributed by atoms with Gasteiger partial charge in [-0.1, -0.05) is 12.1 Å². The van der Waals surface area contributed by atoms with Gasteiger partial charge < -0.3 is 10.2 Å². The molecule has 0 saturated heterocycles. The molecule has 0 aliphatic carbocycles. The number of alkyl halides is 3. The second kappa shape index (κ2) is 9.05. The molecule has 2 aliphatic rings. The van der Waals surface area contributed by atoms with E-state index in [1.807, 2.05) is 0 Å². The Morgan fingerprint density at radius 3 is 2.57 bits per heavy atom. The molecule has 5 rings (SSSR count). The van der Waals surface area contributed by atoms with Gasteiger partial charge in [0.15, 0.2) is 0 Å². The number of nitriles is 1. The molecule has 0 spiro atoms. The van der Waals surface area contributed by atoms with Crippen molar-refractivity contribution >= 4 is 17.6 Å². The lowest BCUT2D eigenvalue weighted by molar-refractivity contribution is -0.137. The van der Waals surface area contributed by atoms with E-state index < -0.39 is 29.7 Å². The van der Waals surface area contributed by atoms with Crippen molar-refractivity contribution in [2.75, 3.05) is 18.5 Å². The topological polar surface area (TPSA) is 102 Å². The molecule has 3 aromatic rings. The van der Waals surface area contributed by atoms with Gasteiger partial charge in [-0.2, -0.15) is 18.4 Å². The predicted molar refractivity (Wildman–Crippen MR) is 127 cm³/mol. The van der Waals surface area contributed by atoms with Gasteiger partial charge in [0.05, 0.1) is 34.5 Å². The lowest BCUT2D eigenvalue weighted by atomic mass is 9.85. The first-order valence-electron chi connectivity index (χ1n) is 11.3. The number of likely N-dealkylation sites (N-methyl/N-ethyl adjacent to an activating group) is 1. The summed E-state index contributed by atoms with van der Waals surface area (Å²) in [5, 5.41) is 12.3. The van der Waals surface area contributed by atoms with Crippen molar-refractivity contribution in [2.45, 2.75) is 18.6 Å². The van der Waals surface area contributed by atoms with Gasteiger partial charge in [0, 0.05) is 43.7 Å². The van der Waals surface area contributed by atoms with Crippen molar-refractivity contribution in [3.05, 3.63) is 89.1 Å². The molecule has 3 heterocycles. The van der Waals surface area contributed by atoms with E-state index in [0.717, 1.165) is 12.1 Å². The first-order chi connectivity index (χ1) is 17.7. The van der Waals surface area contributed by atoms with Crippen LogP contribution < -0.4 is 10.2 Å². The van der Waals surface area contributed by atoms with Gasteiger partial charge in [0.2, 0.25) is 0 Å². The van der Waals surface area contributed by atoms with Crippen LogP contribution in [-0.4, -0.2) is 40.4 Å². The average Bonchev–Trinajstić information content (AvgIpc) is 2.90. The standard InChI is InChI=1S/C26H19F3N6O2/c1-34-23(19-6-5-15(11-30)9-20(19)16-12-31-14-32-13-16)22-21(7-8-33-24(22)36)35(25(34)37)18-4-2-3-17(10-18)26(27,28)29/h2-6,9-10,12-14,23H,7-8H2,1H3,(H,33,36). The van der Waals surface area contributed by atoms with Gasteiger partial charge in [-0.05, 0) is 41.5 Å². The molecule has 1 N–H and O–H groups in total. The Kier molecular flexibility index (Phi) is 5.87. The molecule has 2 aromatic carbocycles. The zero-order valence-electron chi connectivity index (χ0n) is 19.5. The number of hydrogen-bond acceptors (Lipinski definition) is 5. The fraction of sp³-hybridized carbons (Fsp3) is 0.192. The number of carbonyl (C=O) groups excluding carboxylic acids is 2. The normalized spacial score (nSPS) is 17.9. The Bertz CT molecular complexity index is 1480. The van der Waals surface area contributed by atoms with Gasteiger partial charge in [-0.15, -0.1) is 0 Å². The van der Waals surface area contributed by atoms with Crippen LogP contribution in [0.2, 0.25) is 0 Å². The summed E-state index contributed by atoms with van der Waals surface area (Å²) in [4.78, 5) is 37.6. The number of anilines is 1. The average molecular weight is 504 g/mol. The fourth-order valence-corrected chi connectivity index (χ4v) is 4.75. The monoisotopic (exact) mass is 504 g/mol. The van der Waals surface area contributed by atoms with E-state index in [4.69, 9.17) is 0 Å². The first kappa shape index (κ1) is 24.0. The van der Waals surface area contributed by atoms with Crippen LogP contribution >= 0.6 is 0 Å². The summed E-state index contributed by atoms with van der Waals surface area (Å²) < 4.78 is 40.3. The first-order valence-corrected chi connectivity index (χ1v) is 11.3. The molecule has 37 heavy (non-hydrogen) atoms. The van der Waals surface area contributed by atoms with Gasteiger partial charge in [-0.3, -0.25) is 9.69 Å². The molecule has 0 saturated carbocycles. The van der Waals surface area contributed by atoms with Crippen LogP contribution in [0.5, 0.6) is 0 Å². The number of amides is 3. The maximum atomic E-state index is 13.7. The molecule has 11 heteroatoms. The third-order valence-corrected chi connectivity index (χ3v) is 6.41. The summed E-state index contributed by atoms with van der Waals surface area (Å²) in [5.74, 6) is -0.429. The Labute approximate surface area is 209 Å². The number of carbonyl (C=O) groups is 2. The minimum Gasteiger partial charge on any atom is -0.352 e. The summed E-state index contributed by atoms with van der Waals surface area (Å²) in [6.07, 6.45) is 0.119. The maximum absolute atomic E-state index is 13.7. The molecule has 1 atom stereocenters.